The first kappa shape index (κ1) is 31.5. The Morgan fingerprint density at radius 2 is 1.61 bits per heavy atom. The number of rotatable bonds is 3. The Morgan fingerprint density at radius 3 is 2.08 bits per heavy atom. The number of pyridine rings is 1. The first-order chi connectivity index (χ1) is 16.6. The molecule has 0 amide bonds. The number of ether oxygens (including phenoxy) is 2. The van der Waals surface area contributed by atoms with Crippen LogP contribution in [0.2, 0.25) is 0 Å². The first-order valence-corrected chi connectivity index (χ1v) is 10.7. The van der Waals surface area contributed by atoms with E-state index in [1.165, 1.54) is 0 Å². The molecule has 0 bridgehead atoms. The number of morpholine rings is 1. The highest BCUT2D eigenvalue weighted by molar-refractivity contribution is 5.73. The molecule has 15 heteroatoms. The lowest BCUT2D eigenvalue weighted by Gasteiger charge is -2.44. The standard InChI is InChI=1S/C17H27N3O2.2C2HF3O2/c1-15(2)20-8-9-21-14-17(13-20)12-19(7-10-22-17)11-16-5-3-4-6-18-16;2*3-2(4,5)1(6)7/h3-6,15H,7-14H2,1-2H3;2*(H,6,7). The predicted molar refractivity (Wildman–Crippen MR) is 113 cm³/mol. The van der Waals surface area contributed by atoms with Crippen molar-refractivity contribution in [3.63, 3.8) is 0 Å². The summed E-state index contributed by atoms with van der Waals surface area (Å²) in [5, 5.41) is 14.2. The van der Waals surface area contributed by atoms with Gasteiger partial charge in [0, 0.05) is 45.0 Å². The molecule has 0 saturated carbocycles. The molecule has 0 aromatic carbocycles. The summed E-state index contributed by atoms with van der Waals surface area (Å²) >= 11 is 0. The fourth-order valence-corrected chi connectivity index (χ4v) is 3.34. The van der Waals surface area contributed by atoms with E-state index >= 15 is 0 Å². The number of hydrogen-bond donors (Lipinski definition) is 2. The Hall–Kier alpha value is -2.49. The van der Waals surface area contributed by atoms with Crippen molar-refractivity contribution in [1.29, 1.82) is 0 Å². The maximum Gasteiger partial charge on any atom is 0.490 e. The van der Waals surface area contributed by atoms with Gasteiger partial charge in [-0.2, -0.15) is 26.3 Å². The molecule has 2 aliphatic heterocycles. The van der Waals surface area contributed by atoms with E-state index in [0.717, 1.165) is 51.6 Å². The number of alkyl halides is 6. The maximum atomic E-state index is 10.6. The zero-order chi connectivity index (χ0) is 27.6. The number of hydrogen-bond acceptors (Lipinski definition) is 7. The minimum atomic E-state index is -5.08. The molecule has 1 aromatic heterocycles. The number of aromatic nitrogens is 1. The van der Waals surface area contributed by atoms with Gasteiger partial charge in [-0.25, -0.2) is 9.59 Å². The summed E-state index contributed by atoms with van der Waals surface area (Å²) in [7, 11) is 0. The van der Waals surface area contributed by atoms with Crippen LogP contribution in [0.25, 0.3) is 0 Å². The zero-order valence-corrected chi connectivity index (χ0v) is 19.7. The number of carboxylic acid groups (broad SMARTS) is 2. The van der Waals surface area contributed by atoms with E-state index in [-0.39, 0.29) is 5.60 Å². The number of carboxylic acids is 2. The van der Waals surface area contributed by atoms with Crippen molar-refractivity contribution in [2.24, 2.45) is 0 Å². The Labute approximate surface area is 203 Å². The van der Waals surface area contributed by atoms with Gasteiger partial charge in [0.25, 0.3) is 0 Å². The molecule has 1 unspecified atom stereocenters. The Bertz CT molecular complexity index is 801. The highest BCUT2D eigenvalue weighted by Gasteiger charge is 2.41. The van der Waals surface area contributed by atoms with Gasteiger partial charge in [0.1, 0.15) is 5.60 Å². The van der Waals surface area contributed by atoms with Crippen LogP contribution in [0.3, 0.4) is 0 Å². The van der Waals surface area contributed by atoms with Crippen LogP contribution in [-0.2, 0) is 25.6 Å². The molecule has 2 saturated heterocycles. The first-order valence-electron chi connectivity index (χ1n) is 10.7. The molecule has 2 N–H and O–H groups in total. The lowest BCUT2D eigenvalue weighted by Crippen LogP contribution is -2.59. The van der Waals surface area contributed by atoms with Gasteiger partial charge in [-0.1, -0.05) is 6.07 Å². The second-order valence-electron chi connectivity index (χ2n) is 8.29. The summed E-state index contributed by atoms with van der Waals surface area (Å²) in [6.07, 6.45) is -8.30. The molecule has 2 fully saturated rings. The third-order valence-corrected chi connectivity index (χ3v) is 5.03. The molecule has 36 heavy (non-hydrogen) atoms. The molecule has 2 aliphatic rings. The van der Waals surface area contributed by atoms with Crippen LogP contribution in [0.15, 0.2) is 24.4 Å². The minimum absolute atomic E-state index is 0.201. The van der Waals surface area contributed by atoms with Crippen molar-refractivity contribution in [2.45, 2.75) is 44.4 Å². The van der Waals surface area contributed by atoms with Crippen LogP contribution in [0, 0.1) is 0 Å². The highest BCUT2D eigenvalue weighted by Crippen LogP contribution is 2.24. The molecule has 0 aliphatic carbocycles. The van der Waals surface area contributed by atoms with Crippen LogP contribution < -0.4 is 0 Å². The van der Waals surface area contributed by atoms with Gasteiger partial charge in [0.15, 0.2) is 0 Å². The summed E-state index contributed by atoms with van der Waals surface area (Å²) in [4.78, 5) is 27.1. The van der Waals surface area contributed by atoms with E-state index in [2.05, 4.69) is 34.7 Å². The van der Waals surface area contributed by atoms with Gasteiger partial charge in [-0.15, -0.1) is 0 Å². The molecule has 9 nitrogen and oxygen atoms in total. The average Bonchev–Trinajstić information content (AvgIpc) is 2.97. The Kier molecular flexibility index (Phi) is 12.0. The topological polar surface area (TPSA) is 112 Å². The predicted octanol–water partition coefficient (Wildman–Crippen LogP) is 2.66. The van der Waals surface area contributed by atoms with Crippen LogP contribution in [0.1, 0.15) is 19.5 Å². The van der Waals surface area contributed by atoms with Crippen LogP contribution in [0.5, 0.6) is 0 Å². The molecule has 1 aromatic rings. The summed E-state index contributed by atoms with van der Waals surface area (Å²) < 4.78 is 75.5. The number of carbonyl (C=O) groups is 2. The van der Waals surface area contributed by atoms with E-state index in [9.17, 15) is 26.3 Å². The van der Waals surface area contributed by atoms with Crippen molar-refractivity contribution in [1.82, 2.24) is 14.8 Å². The second-order valence-corrected chi connectivity index (χ2v) is 8.29. The summed E-state index contributed by atoms with van der Waals surface area (Å²) in [5.74, 6) is -5.51. The van der Waals surface area contributed by atoms with Crippen molar-refractivity contribution < 1.29 is 55.6 Å². The smallest absolute Gasteiger partial charge is 0.475 e. The summed E-state index contributed by atoms with van der Waals surface area (Å²) in [5.41, 5.74) is 0.920. The molecule has 3 rings (SSSR count). The number of halogens is 6. The van der Waals surface area contributed by atoms with Gasteiger partial charge in [-0.05, 0) is 26.0 Å². The van der Waals surface area contributed by atoms with E-state index in [4.69, 9.17) is 29.3 Å². The van der Waals surface area contributed by atoms with Gasteiger partial charge in [-0.3, -0.25) is 14.8 Å². The van der Waals surface area contributed by atoms with E-state index in [1.807, 2.05) is 18.3 Å². The molecular formula is C21H29F6N3O6. The highest BCUT2D eigenvalue weighted by atomic mass is 19.4. The molecule has 1 spiro atoms. The van der Waals surface area contributed by atoms with Crippen LogP contribution in [0.4, 0.5) is 26.3 Å². The monoisotopic (exact) mass is 533 g/mol. The Balaban J connectivity index is 0.000000383. The van der Waals surface area contributed by atoms with Gasteiger partial charge in [0.05, 0.1) is 25.5 Å². The fourth-order valence-electron chi connectivity index (χ4n) is 3.34. The number of aliphatic carboxylic acids is 2. The van der Waals surface area contributed by atoms with Crippen LogP contribution >= 0.6 is 0 Å². The molecular weight excluding hydrogens is 504 g/mol. The second kappa shape index (κ2) is 13.7. The average molecular weight is 533 g/mol. The fraction of sp³-hybridized carbons (Fsp3) is 0.667. The van der Waals surface area contributed by atoms with Gasteiger partial charge >= 0.3 is 24.3 Å². The quantitative estimate of drug-likeness (QED) is 0.567. The van der Waals surface area contributed by atoms with Crippen LogP contribution in [-0.4, -0.2) is 107 Å². The zero-order valence-electron chi connectivity index (χ0n) is 19.7. The van der Waals surface area contributed by atoms with Crippen molar-refractivity contribution in [3.8, 4) is 0 Å². The van der Waals surface area contributed by atoms with E-state index in [1.54, 1.807) is 0 Å². The molecule has 1 atom stereocenters. The summed E-state index contributed by atoms with van der Waals surface area (Å²) in [6.45, 7) is 11.4. The SMILES string of the molecule is CC(C)N1CCOCC2(CN(Cc3ccccn3)CCO2)C1.O=C(O)C(F)(F)F.O=C(O)C(F)(F)F. The summed E-state index contributed by atoms with van der Waals surface area (Å²) in [6, 6.07) is 6.62. The van der Waals surface area contributed by atoms with E-state index in [0.29, 0.717) is 12.6 Å². The number of nitrogens with zero attached hydrogens (tertiary/aromatic N) is 3. The largest absolute Gasteiger partial charge is 0.490 e. The van der Waals surface area contributed by atoms with Crippen molar-refractivity contribution >= 4 is 11.9 Å². The lowest BCUT2D eigenvalue weighted by atomic mass is 10.0. The maximum absolute atomic E-state index is 10.6. The molecule has 3 heterocycles. The van der Waals surface area contributed by atoms with Crippen molar-refractivity contribution in [3.05, 3.63) is 30.1 Å². The van der Waals surface area contributed by atoms with E-state index < -0.39 is 24.3 Å². The normalized spacial score (nSPS) is 21.6. The minimum Gasteiger partial charge on any atom is -0.475 e. The Morgan fingerprint density at radius 1 is 1.03 bits per heavy atom. The lowest BCUT2D eigenvalue weighted by molar-refractivity contribution is -0.193. The van der Waals surface area contributed by atoms with Gasteiger partial charge < -0.3 is 19.7 Å². The van der Waals surface area contributed by atoms with Gasteiger partial charge in [0.2, 0.25) is 0 Å². The van der Waals surface area contributed by atoms with Crippen molar-refractivity contribution in [2.75, 3.05) is 46.0 Å². The molecule has 206 valence electrons. The third kappa shape index (κ3) is 11.5. The molecule has 0 radical (unpaired) electrons. The third-order valence-electron chi connectivity index (χ3n) is 5.03.